The minimum atomic E-state index is -0.234. The van der Waals surface area contributed by atoms with Crippen LogP contribution in [0.1, 0.15) is 25.7 Å². The van der Waals surface area contributed by atoms with E-state index in [0.29, 0.717) is 31.5 Å². The highest BCUT2D eigenvalue weighted by Crippen LogP contribution is 2.28. The van der Waals surface area contributed by atoms with Crippen LogP contribution >= 0.6 is 0 Å². The molecule has 6 heteroatoms. The van der Waals surface area contributed by atoms with Gasteiger partial charge in [0.05, 0.1) is 19.8 Å². The van der Waals surface area contributed by atoms with Crippen LogP contribution in [0.4, 0.5) is 0 Å². The molecule has 6 nitrogen and oxygen atoms in total. The Balaban J connectivity index is 1.71. The molecule has 0 saturated carbocycles. The van der Waals surface area contributed by atoms with Gasteiger partial charge in [0.2, 0.25) is 5.89 Å². The molecule has 1 saturated heterocycles. The summed E-state index contributed by atoms with van der Waals surface area (Å²) >= 11 is 0. The van der Waals surface area contributed by atoms with Gasteiger partial charge in [0, 0.05) is 17.3 Å². The smallest absolute Gasteiger partial charge is 0.264 e. The maximum absolute atomic E-state index is 5.88. The summed E-state index contributed by atoms with van der Waals surface area (Å²) in [6.07, 6.45) is 2.74. The molecule has 0 radical (unpaired) electrons. The van der Waals surface area contributed by atoms with E-state index in [1.54, 1.807) is 0 Å². The minimum Gasteiger partial charge on any atom is -0.419 e. The molecular formula is C18H21N3O3. The van der Waals surface area contributed by atoms with Crippen molar-refractivity contribution >= 4 is 10.9 Å². The van der Waals surface area contributed by atoms with Crippen LogP contribution in [0.15, 0.2) is 34.7 Å². The predicted molar refractivity (Wildman–Crippen MR) is 89.5 cm³/mol. The second-order valence-electron chi connectivity index (χ2n) is 5.97. The van der Waals surface area contributed by atoms with E-state index >= 15 is 0 Å². The van der Waals surface area contributed by atoms with Gasteiger partial charge in [-0.2, -0.15) is 0 Å². The lowest BCUT2D eigenvalue weighted by atomic mass is 10.2. The lowest BCUT2D eigenvalue weighted by Crippen LogP contribution is -2.17. The fourth-order valence-electron chi connectivity index (χ4n) is 3.03. The summed E-state index contributed by atoms with van der Waals surface area (Å²) in [6.45, 7) is 4.04. The van der Waals surface area contributed by atoms with E-state index in [9.17, 15) is 0 Å². The molecule has 0 atom stereocenters. The van der Waals surface area contributed by atoms with E-state index in [4.69, 9.17) is 13.9 Å². The molecule has 4 rings (SSSR count). The van der Waals surface area contributed by atoms with Gasteiger partial charge in [-0.3, -0.25) is 0 Å². The molecule has 1 fully saturated rings. The van der Waals surface area contributed by atoms with Crippen LogP contribution in [0, 0.1) is 0 Å². The van der Waals surface area contributed by atoms with E-state index in [0.717, 1.165) is 35.9 Å². The van der Waals surface area contributed by atoms with E-state index in [-0.39, 0.29) is 6.29 Å². The lowest BCUT2D eigenvalue weighted by Gasteiger charge is -2.13. The highest BCUT2D eigenvalue weighted by molar-refractivity contribution is 5.85. The minimum absolute atomic E-state index is 0.234. The SMILES string of the molecule is CCCCc1nnc(-c2cc3ccccc3n2CC2OCCO2)o1. The summed E-state index contributed by atoms with van der Waals surface area (Å²) in [4.78, 5) is 0. The van der Waals surface area contributed by atoms with Gasteiger partial charge in [-0.25, -0.2) is 0 Å². The summed E-state index contributed by atoms with van der Waals surface area (Å²) in [6, 6.07) is 10.3. The van der Waals surface area contributed by atoms with Crippen LogP contribution in [0.3, 0.4) is 0 Å². The number of hydrogen-bond acceptors (Lipinski definition) is 5. The monoisotopic (exact) mass is 327 g/mol. The number of para-hydroxylation sites is 1. The van der Waals surface area contributed by atoms with Crippen molar-refractivity contribution in [1.82, 2.24) is 14.8 Å². The Bertz CT molecular complexity index is 818. The second kappa shape index (κ2) is 6.75. The zero-order valence-electron chi connectivity index (χ0n) is 13.8. The van der Waals surface area contributed by atoms with Crippen molar-refractivity contribution in [2.24, 2.45) is 0 Å². The van der Waals surface area contributed by atoms with E-state index in [1.807, 2.05) is 12.1 Å². The highest BCUT2D eigenvalue weighted by atomic mass is 16.7. The van der Waals surface area contributed by atoms with Crippen molar-refractivity contribution in [2.75, 3.05) is 13.2 Å². The molecule has 1 aromatic carbocycles. The first-order valence-electron chi connectivity index (χ1n) is 8.49. The molecule has 0 spiro atoms. The van der Waals surface area contributed by atoms with Gasteiger partial charge in [0.15, 0.2) is 6.29 Å². The van der Waals surface area contributed by atoms with Crippen LogP contribution in [0.5, 0.6) is 0 Å². The summed E-state index contributed by atoms with van der Waals surface area (Å²) in [5.41, 5.74) is 2.02. The number of ether oxygens (including phenoxy) is 2. The van der Waals surface area contributed by atoms with Gasteiger partial charge in [-0.1, -0.05) is 31.5 Å². The lowest BCUT2D eigenvalue weighted by molar-refractivity contribution is -0.0514. The maximum Gasteiger partial charge on any atom is 0.264 e. The Hall–Kier alpha value is -2.18. The number of aryl methyl sites for hydroxylation is 1. The first-order chi connectivity index (χ1) is 11.8. The van der Waals surface area contributed by atoms with Gasteiger partial charge < -0.3 is 18.5 Å². The Morgan fingerprint density at radius 1 is 1.17 bits per heavy atom. The van der Waals surface area contributed by atoms with E-state index in [2.05, 4.69) is 39.9 Å². The molecule has 0 amide bonds. The second-order valence-corrected chi connectivity index (χ2v) is 5.97. The molecule has 0 N–H and O–H groups in total. The van der Waals surface area contributed by atoms with E-state index < -0.39 is 0 Å². The van der Waals surface area contributed by atoms with Crippen molar-refractivity contribution in [3.63, 3.8) is 0 Å². The zero-order chi connectivity index (χ0) is 16.4. The third kappa shape index (κ3) is 2.95. The van der Waals surface area contributed by atoms with Gasteiger partial charge >= 0.3 is 0 Å². The molecule has 0 bridgehead atoms. The van der Waals surface area contributed by atoms with Crippen LogP contribution in [-0.4, -0.2) is 34.3 Å². The largest absolute Gasteiger partial charge is 0.419 e. The van der Waals surface area contributed by atoms with Crippen molar-refractivity contribution in [2.45, 2.75) is 39.0 Å². The van der Waals surface area contributed by atoms with Gasteiger partial charge in [-0.05, 0) is 18.6 Å². The molecule has 0 unspecified atom stereocenters. The first kappa shape index (κ1) is 15.4. The average molecular weight is 327 g/mol. The maximum atomic E-state index is 5.88. The van der Waals surface area contributed by atoms with Gasteiger partial charge in [-0.15, -0.1) is 10.2 Å². The number of nitrogens with zero attached hydrogens (tertiary/aromatic N) is 3. The molecule has 1 aliphatic heterocycles. The molecule has 2 aromatic heterocycles. The number of aromatic nitrogens is 3. The molecule has 126 valence electrons. The number of benzene rings is 1. The quantitative estimate of drug-likeness (QED) is 0.694. The zero-order valence-corrected chi connectivity index (χ0v) is 13.8. The Morgan fingerprint density at radius 2 is 2.00 bits per heavy atom. The summed E-state index contributed by atoms with van der Waals surface area (Å²) in [7, 11) is 0. The summed E-state index contributed by atoms with van der Waals surface area (Å²) in [5.74, 6) is 1.24. The van der Waals surface area contributed by atoms with Crippen LogP contribution in [-0.2, 0) is 22.4 Å². The standard InChI is InChI=1S/C18H21N3O3/c1-2-3-8-16-19-20-18(24-16)15-11-13-6-4-5-7-14(13)21(15)12-17-22-9-10-23-17/h4-7,11,17H,2-3,8-10,12H2,1H3. The van der Waals surface area contributed by atoms with Crippen LogP contribution in [0.25, 0.3) is 22.5 Å². The Morgan fingerprint density at radius 3 is 2.83 bits per heavy atom. The molecular weight excluding hydrogens is 306 g/mol. The first-order valence-corrected chi connectivity index (χ1v) is 8.49. The van der Waals surface area contributed by atoms with Crippen molar-refractivity contribution in [3.8, 4) is 11.6 Å². The highest BCUT2D eigenvalue weighted by Gasteiger charge is 2.22. The molecule has 3 heterocycles. The fourth-order valence-corrected chi connectivity index (χ4v) is 3.03. The summed E-state index contributed by atoms with van der Waals surface area (Å²) < 4.78 is 19.3. The topological polar surface area (TPSA) is 62.3 Å². The third-order valence-corrected chi connectivity index (χ3v) is 4.26. The molecule has 24 heavy (non-hydrogen) atoms. The fraction of sp³-hybridized carbons (Fsp3) is 0.444. The van der Waals surface area contributed by atoms with Crippen LogP contribution in [0.2, 0.25) is 0 Å². The van der Waals surface area contributed by atoms with Gasteiger partial charge in [0.25, 0.3) is 5.89 Å². The van der Waals surface area contributed by atoms with E-state index in [1.165, 1.54) is 0 Å². The number of fused-ring (bicyclic) bond motifs is 1. The van der Waals surface area contributed by atoms with Gasteiger partial charge in [0.1, 0.15) is 5.69 Å². The summed E-state index contributed by atoms with van der Waals surface area (Å²) in [5, 5.41) is 9.57. The number of unbranched alkanes of at least 4 members (excludes halogenated alkanes) is 1. The van der Waals surface area contributed by atoms with Crippen molar-refractivity contribution in [3.05, 3.63) is 36.2 Å². The average Bonchev–Trinajstić information content (AvgIpc) is 3.33. The normalized spacial score (nSPS) is 15.5. The van der Waals surface area contributed by atoms with Crippen molar-refractivity contribution < 1.29 is 13.9 Å². The predicted octanol–water partition coefficient (Wildman–Crippen LogP) is 3.41. The van der Waals surface area contributed by atoms with Crippen LogP contribution < -0.4 is 0 Å². The molecule has 3 aromatic rings. The third-order valence-electron chi connectivity index (χ3n) is 4.26. The molecule has 0 aliphatic carbocycles. The Kier molecular flexibility index (Phi) is 4.32. The number of hydrogen-bond donors (Lipinski definition) is 0. The van der Waals surface area contributed by atoms with Crippen molar-refractivity contribution in [1.29, 1.82) is 0 Å². The molecule has 1 aliphatic rings. The number of rotatable bonds is 6. The Labute approximate surface area is 140 Å².